The molecule has 1 aliphatic heterocycles. The minimum atomic E-state index is -0.165. The number of carbonyl (C=O) groups is 1. The highest BCUT2D eigenvalue weighted by molar-refractivity contribution is 6.33. The number of rotatable bonds is 4. The van der Waals surface area contributed by atoms with Crippen molar-refractivity contribution in [2.75, 3.05) is 25.4 Å². The maximum absolute atomic E-state index is 12.4. The molecule has 0 bridgehead atoms. The molecule has 1 aliphatic rings. The standard InChI is InChI=1S/C14H20ClN3O2/c1-2-20-13-8-12(16)11(15)7-10(13)14(19)18-9-3-5-17-6-4-9/h7-9,17H,2-6,16H2,1H3,(H,18,19). The molecule has 1 aromatic rings. The van der Waals surface area contributed by atoms with Crippen LogP contribution >= 0.6 is 11.6 Å². The highest BCUT2D eigenvalue weighted by Crippen LogP contribution is 2.29. The van der Waals surface area contributed by atoms with Crippen LogP contribution in [0.25, 0.3) is 0 Å². The zero-order valence-electron chi connectivity index (χ0n) is 11.5. The average molecular weight is 298 g/mol. The van der Waals surface area contributed by atoms with Gasteiger partial charge in [-0.15, -0.1) is 0 Å². The van der Waals surface area contributed by atoms with E-state index < -0.39 is 0 Å². The van der Waals surface area contributed by atoms with Crippen LogP contribution in [0.1, 0.15) is 30.1 Å². The molecular weight excluding hydrogens is 278 g/mol. The smallest absolute Gasteiger partial charge is 0.255 e. The molecule has 1 amide bonds. The Morgan fingerprint density at radius 1 is 1.50 bits per heavy atom. The van der Waals surface area contributed by atoms with Crippen molar-refractivity contribution in [1.82, 2.24) is 10.6 Å². The van der Waals surface area contributed by atoms with E-state index in [0.717, 1.165) is 25.9 Å². The van der Waals surface area contributed by atoms with Crippen LogP contribution in [0.2, 0.25) is 5.02 Å². The summed E-state index contributed by atoms with van der Waals surface area (Å²) in [6.07, 6.45) is 1.86. The van der Waals surface area contributed by atoms with E-state index in [1.807, 2.05) is 6.92 Å². The summed E-state index contributed by atoms with van der Waals surface area (Å²) in [6, 6.07) is 3.36. The van der Waals surface area contributed by atoms with Crippen molar-refractivity contribution in [2.45, 2.75) is 25.8 Å². The van der Waals surface area contributed by atoms with Crippen molar-refractivity contribution >= 4 is 23.2 Å². The van der Waals surface area contributed by atoms with E-state index in [2.05, 4.69) is 10.6 Å². The number of halogens is 1. The van der Waals surface area contributed by atoms with E-state index in [0.29, 0.717) is 28.6 Å². The second-order valence-corrected chi connectivity index (χ2v) is 5.21. The first-order valence-corrected chi connectivity index (χ1v) is 7.23. The van der Waals surface area contributed by atoms with E-state index in [4.69, 9.17) is 22.1 Å². The van der Waals surface area contributed by atoms with Crippen LogP contribution in [-0.4, -0.2) is 31.6 Å². The Morgan fingerprint density at radius 3 is 2.85 bits per heavy atom. The van der Waals surface area contributed by atoms with Crippen LogP contribution in [0.3, 0.4) is 0 Å². The predicted octanol–water partition coefficient (Wildman–Crippen LogP) is 1.80. The van der Waals surface area contributed by atoms with Crippen LogP contribution < -0.4 is 21.1 Å². The van der Waals surface area contributed by atoms with Crippen molar-refractivity contribution in [1.29, 1.82) is 0 Å². The van der Waals surface area contributed by atoms with Gasteiger partial charge in [-0.1, -0.05) is 11.6 Å². The Balaban J connectivity index is 2.16. The second kappa shape index (κ2) is 6.81. The van der Waals surface area contributed by atoms with Gasteiger partial charge in [0.15, 0.2) is 0 Å². The number of benzene rings is 1. The lowest BCUT2D eigenvalue weighted by molar-refractivity contribution is 0.0926. The van der Waals surface area contributed by atoms with Crippen LogP contribution in [0.15, 0.2) is 12.1 Å². The topological polar surface area (TPSA) is 76.4 Å². The number of nitrogens with one attached hydrogen (secondary N) is 2. The fourth-order valence-corrected chi connectivity index (χ4v) is 2.41. The fraction of sp³-hybridized carbons (Fsp3) is 0.500. The van der Waals surface area contributed by atoms with E-state index in [1.54, 1.807) is 12.1 Å². The zero-order chi connectivity index (χ0) is 14.5. The highest BCUT2D eigenvalue weighted by Gasteiger charge is 2.20. The van der Waals surface area contributed by atoms with Crippen molar-refractivity contribution in [3.63, 3.8) is 0 Å². The lowest BCUT2D eigenvalue weighted by Crippen LogP contribution is -2.42. The van der Waals surface area contributed by atoms with Gasteiger partial charge in [0.25, 0.3) is 5.91 Å². The molecule has 110 valence electrons. The minimum Gasteiger partial charge on any atom is -0.493 e. The quantitative estimate of drug-likeness (QED) is 0.741. The van der Waals surface area contributed by atoms with E-state index >= 15 is 0 Å². The Labute approximate surface area is 123 Å². The third-order valence-electron chi connectivity index (χ3n) is 3.32. The van der Waals surface area contributed by atoms with Gasteiger partial charge in [0.2, 0.25) is 0 Å². The number of nitrogens with two attached hydrogens (primary N) is 1. The SMILES string of the molecule is CCOc1cc(N)c(Cl)cc1C(=O)NC1CCNCC1. The van der Waals surface area contributed by atoms with Crippen LogP contribution in [0, 0.1) is 0 Å². The van der Waals surface area contributed by atoms with Crippen molar-refractivity contribution in [3.05, 3.63) is 22.7 Å². The monoisotopic (exact) mass is 297 g/mol. The first-order valence-electron chi connectivity index (χ1n) is 6.85. The molecule has 2 rings (SSSR count). The lowest BCUT2D eigenvalue weighted by atomic mass is 10.1. The molecular formula is C14H20ClN3O2. The van der Waals surface area contributed by atoms with E-state index in [1.165, 1.54) is 0 Å². The molecule has 1 saturated heterocycles. The van der Waals surface area contributed by atoms with Gasteiger partial charge in [0.1, 0.15) is 5.75 Å². The molecule has 0 atom stereocenters. The first kappa shape index (κ1) is 14.9. The average Bonchev–Trinajstić information content (AvgIpc) is 2.44. The molecule has 6 heteroatoms. The van der Waals surface area contributed by atoms with Crippen molar-refractivity contribution in [3.8, 4) is 5.75 Å². The van der Waals surface area contributed by atoms with Crippen molar-refractivity contribution < 1.29 is 9.53 Å². The molecule has 1 aromatic carbocycles. The number of piperidine rings is 1. The summed E-state index contributed by atoms with van der Waals surface area (Å²) in [4.78, 5) is 12.4. The second-order valence-electron chi connectivity index (χ2n) is 4.80. The Hall–Kier alpha value is -1.46. The van der Waals surface area contributed by atoms with Gasteiger partial charge >= 0.3 is 0 Å². The number of ether oxygens (including phenoxy) is 1. The normalized spacial score (nSPS) is 15.9. The van der Waals surface area contributed by atoms with Gasteiger partial charge in [0.05, 0.1) is 22.9 Å². The predicted molar refractivity (Wildman–Crippen MR) is 80.4 cm³/mol. The fourth-order valence-electron chi connectivity index (χ4n) is 2.25. The van der Waals surface area contributed by atoms with Gasteiger partial charge in [-0.3, -0.25) is 4.79 Å². The molecule has 1 fully saturated rings. The number of hydrogen-bond donors (Lipinski definition) is 3. The number of anilines is 1. The largest absolute Gasteiger partial charge is 0.493 e. The third kappa shape index (κ3) is 3.55. The summed E-state index contributed by atoms with van der Waals surface area (Å²) in [5, 5.41) is 6.65. The molecule has 1 heterocycles. The Morgan fingerprint density at radius 2 is 2.20 bits per heavy atom. The molecule has 5 nitrogen and oxygen atoms in total. The molecule has 4 N–H and O–H groups in total. The number of hydrogen-bond acceptors (Lipinski definition) is 4. The number of nitrogen functional groups attached to an aromatic ring is 1. The molecule has 0 saturated carbocycles. The third-order valence-corrected chi connectivity index (χ3v) is 3.65. The van der Waals surface area contributed by atoms with Crippen LogP contribution in [-0.2, 0) is 0 Å². The molecule has 0 radical (unpaired) electrons. The summed E-state index contributed by atoms with van der Waals surface area (Å²) in [5.41, 5.74) is 6.60. The van der Waals surface area contributed by atoms with Gasteiger partial charge in [-0.05, 0) is 38.9 Å². The molecule has 0 aliphatic carbocycles. The van der Waals surface area contributed by atoms with Gasteiger partial charge in [0, 0.05) is 12.1 Å². The lowest BCUT2D eigenvalue weighted by Gasteiger charge is -2.24. The maximum atomic E-state index is 12.4. The number of carbonyl (C=O) groups excluding carboxylic acids is 1. The summed E-state index contributed by atoms with van der Waals surface area (Å²) in [5.74, 6) is 0.308. The summed E-state index contributed by atoms with van der Waals surface area (Å²) >= 11 is 6.00. The van der Waals surface area contributed by atoms with Gasteiger partial charge < -0.3 is 21.1 Å². The summed E-state index contributed by atoms with van der Waals surface area (Å²) in [6.45, 7) is 4.17. The summed E-state index contributed by atoms with van der Waals surface area (Å²) in [7, 11) is 0. The molecule has 0 unspecified atom stereocenters. The first-order chi connectivity index (χ1) is 9.61. The van der Waals surface area contributed by atoms with Crippen LogP contribution in [0.5, 0.6) is 5.75 Å². The van der Waals surface area contributed by atoms with Crippen LogP contribution in [0.4, 0.5) is 5.69 Å². The maximum Gasteiger partial charge on any atom is 0.255 e. The van der Waals surface area contributed by atoms with Crippen molar-refractivity contribution in [2.24, 2.45) is 0 Å². The molecule has 0 aromatic heterocycles. The highest BCUT2D eigenvalue weighted by atomic mass is 35.5. The molecule has 20 heavy (non-hydrogen) atoms. The van der Waals surface area contributed by atoms with Gasteiger partial charge in [-0.2, -0.15) is 0 Å². The molecule has 0 spiro atoms. The Bertz CT molecular complexity index is 488. The van der Waals surface area contributed by atoms with Gasteiger partial charge in [-0.25, -0.2) is 0 Å². The van der Waals surface area contributed by atoms with E-state index in [9.17, 15) is 4.79 Å². The zero-order valence-corrected chi connectivity index (χ0v) is 12.3. The Kier molecular flexibility index (Phi) is 5.09. The minimum absolute atomic E-state index is 0.165. The summed E-state index contributed by atoms with van der Waals surface area (Å²) < 4.78 is 5.47. The van der Waals surface area contributed by atoms with E-state index in [-0.39, 0.29) is 11.9 Å². The number of amides is 1.